The molecule has 0 aromatic heterocycles. The number of nitrogens with zero attached hydrogens (tertiary/aromatic N) is 4. The van der Waals surface area contributed by atoms with Crippen molar-refractivity contribution in [2.45, 2.75) is 129 Å². The summed E-state index contributed by atoms with van der Waals surface area (Å²) in [6.45, 7) is 11.1. The number of carboxylic acid groups (broad SMARTS) is 3. The highest BCUT2D eigenvalue weighted by Crippen LogP contribution is 2.23. The molecule has 0 spiro atoms. The fraction of sp³-hybridized carbons (Fsp3) is 0.480. The van der Waals surface area contributed by atoms with Crippen molar-refractivity contribution in [3.63, 3.8) is 0 Å². The highest BCUT2D eigenvalue weighted by atomic mass is 79.9. The SMILES string of the molecule is CC(C)(C)OC(=O)N[C@@H](CCCCN)C(=O)O.CC(C)(C)OC(=O)N[C@@H](CCCCN1C(=O)C=CC1=O)C(=O)O.COC(=O)N1C(=O)C=CC1=O.O=C(O)[C@H](CCCCN1C(=O)C=CC1=O)N1C(=O)C=C(Br)C1=O.O=C1C=C(Br)C(=O)O1. The Kier molecular flexibility index (Phi) is 29.9. The summed E-state index contributed by atoms with van der Waals surface area (Å²) in [6, 6.07) is -3.27. The second kappa shape index (κ2) is 34.1. The fourth-order valence-corrected chi connectivity index (χ4v) is 7.21. The summed E-state index contributed by atoms with van der Waals surface area (Å²) in [4.78, 5) is 181. The first-order chi connectivity index (χ1) is 38.0. The van der Waals surface area contributed by atoms with Crippen molar-refractivity contribution in [1.82, 2.24) is 30.2 Å². The number of esters is 2. The maximum atomic E-state index is 11.8. The van der Waals surface area contributed by atoms with Crippen LogP contribution < -0.4 is 16.4 Å². The molecule has 82 heavy (non-hydrogen) atoms. The Bertz CT molecular complexity index is 2610. The molecule has 3 atom stereocenters. The van der Waals surface area contributed by atoms with Crippen LogP contribution in [0.1, 0.15) is 99.3 Å². The van der Waals surface area contributed by atoms with Crippen LogP contribution in [0, 0.1) is 0 Å². The number of hydrogen-bond acceptors (Lipinski definition) is 21. The van der Waals surface area contributed by atoms with Crippen LogP contribution >= 0.6 is 31.9 Å². The van der Waals surface area contributed by atoms with E-state index < -0.39 is 113 Å². The molecule has 5 aliphatic heterocycles. The lowest BCUT2D eigenvalue weighted by atomic mass is 10.1. The average molecular weight is 1290 g/mol. The minimum atomic E-state index is -1.28. The number of alkyl carbamates (subject to hydrolysis) is 2. The van der Waals surface area contributed by atoms with Gasteiger partial charge in [-0.2, -0.15) is 4.90 Å². The maximum absolute atomic E-state index is 11.8. The topological polar surface area (TPSA) is 434 Å². The fourth-order valence-electron chi connectivity index (χ4n) is 6.55. The van der Waals surface area contributed by atoms with Gasteiger partial charge in [0.2, 0.25) is 0 Å². The molecule has 30 nitrogen and oxygen atoms in total. The van der Waals surface area contributed by atoms with E-state index >= 15 is 0 Å². The first-order valence-corrected chi connectivity index (χ1v) is 26.1. The Hall–Kier alpha value is -8.26. The van der Waals surface area contributed by atoms with Gasteiger partial charge in [0.25, 0.3) is 47.3 Å². The molecule has 0 fully saturated rings. The van der Waals surface area contributed by atoms with Gasteiger partial charge in [-0.1, -0.05) is 0 Å². The van der Waals surface area contributed by atoms with Crippen molar-refractivity contribution in [2.24, 2.45) is 5.73 Å². The minimum absolute atomic E-state index is 0.0214. The second-order valence-corrected chi connectivity index (χ2v) is 20.8. The lowest BCUT2D eigenvalue weighted by molar-refractivity contribution is -0.153. The molecule has 32 heteroatoms. The number of rotatable bonds is 20. The van der Waals surface area contributed by atoms with Crippen molar-refractivity contribution >= 4 is 127 Å². The van der Waals surface area contributed by atoms with Crippen LogP contribution in [0.3, 0.4) is 0 Å². The second-order valence-electron chi connectivity index (χ2n) is 19.0. The number of halogens is 2. The summed E-state index contributed by atoms with van der Waals surface area (Å²) < 4.78 is 18.4. The van der Waals surface area contributed by atoms with E-state index in [2.05, 4.69) is 52.0 Å². The van der Waals surface area contributed by atoms with E-state index in [1.807, 2.05) is 0 Å². The van der Waals surface area contributed by atoms with Crippen LogP contribution in [-0.4, -0.2) is 186 Å². The van der Waals surface area contributed by atoms with E-state index in [9.17, 15) is 81.8 Å². The van der Waals surface area contributed by atoms with Gasteiger partial charge in [0.05, 0.1) is 11.6 Å². The van der Waals surface area contributed by atoms with E-state index in [1.165, 1.54) is 24.3 Å². The summed E-state index contributed by atoms with van der Waals surface area (Å²) in [6.07, 6.45) is 10.0. The van der Waals surface area contributed by atoms with Gasteiger partial charge in [-0.15, -0.1) is 0 Å². The number of carbonyl (C=O) groups is 16. The van der Waals surface area contributed by atoms with Crippen LogP contribution in [0.4, 0.5) is 14.4 Å². The van der Waals surface area contributed by atoms with Gasteiger partial charge in [0.15, 0.2) is 0 Å². The lowest BCUT2D eigenvalue weighted by Gasteiger charge is -2.23. The van der Waals surface area contributed by atoms with Gasteiger partial charge in [0.1, 0.15) is 33.8 Å². The van der Waals surface area contributed by atoms with Gasteiger partial charge < -0.3 is 50.6 Å². The molecular formula is C50H63Br2N7O23. The van der Waals surface area contributed by atoms with Crippen molar-refractivity contribution in [1.29, 1.82) is 0 Å². The summed E-state index contributed by atoms with van der Waals surface area (Å²) in [5.74, 6) is -8.95. The molecule has 0 radical (unpaired) electrons. The molecule has 5 aliphatic rings. The minimum Gasteiger partial charge on any atom is -0.480 e. The molecule has 0 saturated carbocycles. The van der Waals surface area contributed by atoms with Gasteiger partial charge in [-0.3, -0.25) is 53.1 Å². The zero-order valence-corrected chi connectivity index (χ0v) is 48.6. The Morgan fingerprint density at radius 1 is 0.561 bits per heavy atom. The predicted molar refractivity (Wildman–Crippen MR) is 286 cm³/mol. The number of cyclic esters (lactones) is 2. The van der Waals surface area contributed by atoms with Crippen LogP contribution in [-0.2, 0) is 81.3 Å². The first-order valence-electron chi connectivity index (χ1n) is 24.5. The van der Waals surface area contributed by atoms with Gasteiger partial charge in [0, 0.05) is 61.7 Å². The molecule has 5 heterocycles. The number of hydrogen-bond donors (Lipinski definition) is 6. The molecule has 5 rings (SSSR count). The zero-order chi connectivity index (χ0) is 62.8. The molecule has 11 amide bonds. The number of unbranched alkanes of at least 4 members (excludes halogenated alkanes) is 3. The average Bonchev–Trinajstić information content (AvgIpc) is 4.13. The Morgan fingerprint density at radius 2 is 0.951 bits per heavy atom. The third-order valence-electron chi connectivity index (χ3n) is 10.3. The van der Waals surface area contributed by atoms with Crippen molar-refractivity contribution in [3.8, 4) is 0 Å². The number of amides is 11. The highest BCUT2D eigenvalue weighted by molar-refractivity contribution is 9.12. The predicted octanol–water partition coefficient (Wildman–Crippen LogP) is 2.36. The monoisotopic (exact) mass is 1290 g/mol. The third-order valence-corrected chi connectivity index (χ3v) is 11.4. The molecule has 0 saturated heterocycles. The normalized spacial score (nSPS) is 16.3. The molecule has 0 bridgehead atoms. The molecular weight excluding hydrogens is 1230 g/mol. The molecule has 0 unspecified atom stereocenters. The Balaban J connectivity index is 0.000000535. The molecule has 7 N–H and O–H groups in total. The van der Waals surface area contributed by atoms with Crippen molar-refractivity contribution in [3.05, 3.63) is 57.6 Å². The van der Waals surface area contributed by atoms with Crippen molar-refractivity contribution < 1.29 is 111 Å². The first kappa shape index (κ1) is 71.8. The summed E-state index contributed by atoms with van der Waals surface area (Å²) in [5, 5.41) is 31.9. The number of carboxylic acids is 3. The largest absolute Gasteiger partial charge is 0.480 e. The molecule has 0 aliphatic carbocycles. The number of ether oxygens (including phenoxy) is 4. The molecule has 0 aromatic rings. The number of aliphatic carboxylic acids is 3. The van der Waals surface area contributed by atoms with Gasteiger partial charge >= 0.3 is 48.1 Å². The molecule has 0 aromatic carbocycles. The summed E-state index contributed by atoms with van der Waals surface area (Å²) >= 11 is 5.72. The number of carbonyl (C=O) groups excluding carboxylic acids is 13. The Labute approximate surface area is 485 Å². The van der Waals surface area contributed by atoms with Gasteiger partial charge in [-0.05, 0) is 138 Å². The number of methoxy groups -OCH3 is 1. The third kappa shape index (κ3) is 25.9. The van der Waals surface area contributed by atoms with Crippen molar-refractivity contribution in [2.75, 3.05) is 26.7 Å². The smallest absolute Gasteiger partial charge is 0.423 e. The van der Waals surface area contributed by atoms with E-state index in [1.54, 1.807) is 41.5 Å². The number of nitrogens with one attached hydrogen (secondary N) is 2. The highest BCUT2D eigenvalue weighted by Gasteiger charge is 2.39. The molecule has 450 valence electrons. The quantitative estimate of drug-likeness (QED) is 0.0335. The van der Waals surface area contributed by atoms with E-state index in [0.717, 1.165) is 47.6 Å². The van der Waals surface area contributed by atoms with Crippen LogP contribution in [0.15, 0.2) is 57.6 Å². The lowest BCUT2D eigenvalue weighted by Crippen LogP contribution is -2.45. The number of imide groups is 6. The Morgan fingerprint density at radius 3 is 1.24 bits per heavy atom. The summed E-state index contributed by atoms with van der Waals surface area (Å²) in [5.41, 5.74) is 3.97. The van der Waals surface area contributed by atoms with Crippen LogP contribution in [0.2, 0.25) is 0 Å². The van der Waals surface area contributed by atoms with E-state index in [-0.39, 0.29) is 46.7 Å². The van der Waals surface area contributed by atoms with Crippen LogP contribution in [0.5, 0.6) is 0 Å². The zero-order valence-electron chi connectivity index (χ0n) is 45.5. The van der Waals surface area contributed by atoms with E-state index in [4.69, 9.17) is 25.4 Å². The maximum Gasteiger partial charge on any atom is 0.423 e. The van der Waals surface area contributed by atoms with Gasteiger partial charge in [-0.25, -0.2) is 38.4 Å². The summed E-state index contributed by atoms with van der Waals surface area (Å²) in [7, 11) is 1.10. The van der Waals surface area contributed by atoms with Crippen LogP contribution in [0.25, 0.3) is 0 Å². The van der Waals surface area contributed by atoms with E-state index in [0.29, 0.717) is 54.9 Å². The standard InChI is InChI=1S/C15H22N2O6.C14H13BrN2O6.C11H22N2O4.C6H5NO4.C4HBrO3/c1-15(2,3)23-14(22)16-10(13(20)21)6-4-5-9-17-11(18)7-8-12(17)19;15-8-7-12(20)17(13(8)21)9(14(22)23)3-1-2-6-16-10(18)4-5-11(16)19;1-11(2,3)17-10(16)13-8(9(14)15)6-4-5-7-12;1-11-6(10)7-4(8)2-3-5(7)9;5-2-1-3(6)8-4(2)7/h7-8,10H,4-6,9H2,1-3H3,(H,16,22)(H,20,21);4-5,7,9H,1-3,6H2,(H,22,23);8H,4-7,12H2,1-3H3,(H,13,16)(H,14,15);2-3H,1H3;1H/t10-;9-;8-;;/m000../s1. The number of nitrogens with two attached hydrogens (primary N) is 1.